The number of amides is 1. The summed E-state index contributed by atoms with van der Waals surface area (Å²) in [4.78, 5) is 20.7. The van der Waals surface area contributed by atoms with E-state index in [0.717, 1.165) is 69.7 Å². The van der Waals surface area contributed by atoms with Crippen molar-refractivity contribution in [1.29, 1.82) is 0 Å². The Morgan fingerprint density at radius 1 is 1.15 bits per heavy atom. The van der Waals surface area contributed by atoms with Crippen LogP contribution in [0.5, 0.6) is 0 Å². The summed E-state index contributed by atoms with van der Waals surface area (Å²) in [5.74, 6) is 2.21. The molecule has 150 valence electrons. The van der Waals surface area contributed by atoms with Gasteiger partial charge >= 0.3 is 0 Å². The number of fused-ring (bicyclic) bond motifs is 1. The summed E-state index contributed by atoms with van der Waals surface area (Å²) in [5.41, 5.74) is 1.52. The van der Waals surface area contributed by atoms with E-state index in [2.05, 4.69) is 15.8 Å². The van der Waals surface area contributed by atoms with Crippen LogP contribution in [0.1, 0.15) is 53.9 Å². The lowest BCUT2D eigenvalue weighted by molar-refractivity contribution is -0.122. The van der Waals surface area contributed by atoms with Gasteiger partial charge < -0.3 is 25.0 Å². The third-order valence-electron chi connectivity index (χ3n) is 5.54. The highest BCUT2D eigenvalue weighted by Crippen LogP contribution is 2.28. The third-order valence-corrected chi connectivity index (χ3v) is 5.54. The van der Waals surface area contributed by atoms with Crippen LogP contribution in [-0.2, 0) is 22.4 Å². The van der Waals surface area contributed by atoms with Gasteiger partial charge in [-0.05, 0) is 56.9 Å². The summed E-state index contributed by atoms with van der Waals surface area (Å²) >= 11 is 0. The molecule has 1 unspecified atom stereocenters. The van der Waals surface area contributed by atoms with Crippen molar-refractivity contribution >= 4 is 12.4 Å². The molecular formula is C19H29N3O5. The first-order valence-corrected chi connectivity index (χ1v) is 9.85. The van der Waals surface area contributed by atoms with Crippen molar-refractivity contribution < 1.29 is 24.0 Å². The van der Waals surface area contributed by atoms with Crippen molar-refractivity contribution in [3.63, 3.8) is 0 Å². The summed E-state index contributed by atoms with van der Waals surface area (Å²) in [6.07, 6.45) is 7.51. The lowest BCUT2D eigenvalue weighted by Crippen LogP contribution is -2.39. The van der Waals surface area contributed by atoms with Crippen LogP contribution >= 0.6 is 0 Å². The fourth-order valence-corrected chi connectivity index (χ4v) is 3.68. The Kier molecular flexibility index (Phi) is 7.23. The maximum absolute atomic E-state index is 12.4. The number of hydrogen-bond acceptors (Lipinski definition) is 6. The number of carbonyl (C=O) groups is 2. The highest BCUT2D eigenvalue weighted by molar-refractivity contribution is 5.93. The van der Waals surface area contributed by atoms with E-state index in [9.17, 15) is 4.79 Å². The molecule has 1 aromatic heterocycles. The predicted molar refractivity (Wildman–Crippen MR) is 97.6 cm³/mol. The molecule has 4 rings (SSSR count). The van der Waals surface area contributed by atoms with E-state index in [4.69, 9.17) is 19.2 Å². The minimum absolute atomic E-state index is 0.0722. The second-order valence-corrected chi connectivity index (χ2v) is 7.60. The Bertz CT molecular complexity index is 623. The van der Waals surface area contributed by atoms with Crippen LogP contribution in [0.25, 0.3) is 0 Å². The smallest absolute Gasteiger partial charge is 0.290 e. The van der Waals surface area contributed by atoms with Crippen LogP contribution < -0.4 is 10.6 Å². The Hall–Kier alpha value is -1.93. The molecular weight excluding hydrogens is 350 g/mol. The quantitative estimate of drug-likeness (QED) is 0.640. The molecule has 3 N–H and O–H groups in total. The molecule has 0 radical (unpaired) electrons. The largest absolute Gasteiger partial charge is 0.483 e. The van der Waals surface area contributed by atoms with Gasteiger partial charge in [0.05, 0.1) is 0 Å². The maximum atomic E-state index is 12.4. The minimum atomic E-state index is -0.250. The zero-order valence-electron chi connectivity index (χ0n) is 15.6. The topological polar surface area (TPSA) is 114 Å². The van der Waals surface area contributed by atoms with Gasteiger partial charge in [0, 0.05) is 37.8 Å². The molecule has 1 aliphatic heterocycles. The zero-order chi connectivity index (χ0) is 19.1. The van der Waals surface area contributed by atoms with Crippen molar-refractivity contribution in [3.8, 4) is 0 Å². The molecule has 8 nitrogen and oxygen atoms in total. The van der Waals surface area contributed by atoms with E-state index in [1.165, 1.54) is 12.8 Å². The number of carbonyl (C=O) groups excluding carboxylic acids is 1. The summed E-state index contributed by atoms with van der Waals surface area (Å²) in [7, 11) is 0. The van der Waals surface area contributed by atoms with Gasteiger partial charge in [-0.15, -0.1) is 0 Å². The second-order valence-electron chi connectivity index (χ2n) is 7.60. The standard InChI is InChI=1S/C18H27N3O3.CH2O2/c22-18(20-11-12-1-2-12)17-15-9-14(3-4-16(15)24-21-17)19-10-13-5-7-23-8-6-13;2-1-3/h12-14,19H,1-11H2,(H,20,22);1H,(H,2,3). The second kappa shape index (κ2) is 9.85. The molecule has 2 heterocycles. The van der Waals surface area contributed by atoms with E-state index in [0.29, 0.717) is 23.6 Å². The normalized spacial score (nSPS) is 22.3. The van der Waals surface area contributed by atoms with Crippen molar-refractivity contribution in [2.45, 2.75) is 51.0 Å². The molecule has 1 saturated heterocycles. The SMILES string of the molecule is O=C(NCC1CC1)c1noc2c1CC(NCC1CCOCC1)CC2.O=CO. The van der Waals surface area contributed by atoms with Crippen molar-refractivity contribution in [3.05, 3.63) is 17.0 Å². The summed E-state index contributed by atoms with van der Waals surface area (Å²) in [6, 6.07) is 0.412. The van der Waals surface area contributed by atoms with E-state index < -0.39 is 0 Å². The molecule has 0 aromatic carbocycles. The number of nitrogens with zero attached hydrogens (tertiary/aromatic N) is 1. The average Bonchev–Trinajstić information content (AvgIpc) is 3.43. The number of aryl methyl sites for hydroxylation is 1. The van der Waals surface area contributed by atoms with Gasteiger partial charge in [-0.25, -0.2) is 0 Å². The monoisotopic (exact) mass is 379 g/mol. The molecule has 0 spiro atoms. The summed E-state index contributed by atoms with van der Waals surface area (Å²) in [6.45, 7) is 3.33. The van der Waals surface area contributed by atoms with Crippen LogP contribution in [0, 0.1) is 11.8 Å². The number of hydrogen-bond donors (Lipinski definition) is 3. The highest BCUT2D eigenvalue weighted by atomic mass is 16.5. The van der Waals surface area contributed by atoms with Gasteiger partial charge in [-0.3, -0.25) is 9.59 Å². The molecule has 27 heavy (non-hydrogen) atoms. The molecule has 1 atom stereocenters. The number of nitrogens with one attached hydrogen (secondary N) is 2. The molecule has 1 saturated carbocycles. The lowest BCUT2D eigenvalue weighted by Gasteiger charge is -2.27. The molecule has 2 fully saturated rings. The first-order chi connectivity index (χ1) is 13.2. The van der Waals surface area contributed by atoms with Gasteiger partial charge in [0.2, 0.25) is 0 Å². The van der Waals surface area contributed by atoms with Crippen LogP contribution in [0.2, 0.25) is 0 Å². The predicted octanol–water partition coefficient (Wildman–Crippen LogP) is 1.39. The molecule has 1 aromatic rings. The maximum Gasteiger partial charge on any atom is 0.290 e. The molecule has 1 amide bonds. The molecule has 8 heteroatoms. The Morgan fingerprint density at radius 3 is 2.56 bits per heavy atom. The van der Waals surface area contributed by atoms with E-state index in [-0.39, 0.29) is 12.4 Å². The van der Waals surface area contributed by atoms with E-state index in [1.807, 2.05) is 0 Å². The molecule has 3 aliphatic rings. The van der Waals surface area contributed by atoms with Crippen LogP contribution in [0.15, 0.2) is 4.52 Å². The number of ether oxygens (including phenoxy) is 1. The first kappa shape index (κ1) is 19.8. The number of aromatic nitrogens is 1. The molecule has 0 bridgehead atoms. The lowest BCUT2D eigenvalue weighted by atomic mass is 9.91. The van der Waals surface area contributed by atoms with Crippen LogP contribution in [-0.4, -0.2) is 55.0 Å². The zero-order valence-corrected chi connectivity index (χ0v) is 15.6. The number of rotatable bonds is 6. The molecule has 2 aliphatic carbocycles. The average molecular weight is 379 g/mol. The first-order valence-electron chi connectivity index (χ1n) is 9.85. The summed E-state index contributed by atoms with van der Waals surface area (Å²) in [5, 5.41) is 17.6. The van der Waals surface area contributed by atoms with Crippen molar-refractivity contribution in [2.24, 2.45) is 11.8 Å². The fraction of sp³-hybridized carbons (Fsp3) is 0.737. The Labute approximate surface area is 159 Å². The number of carboxylic acid groups (broad SMARTS) is 1. The van der Waals surface area contributed by atoms with Crippen LogP contribution in [0.3, 0.4) is 0 Å². The van der Waals surface area contributed by atoms with Gasteiger partial charge in [0.25, 0.3) is 12.4 Å². The Balaban J connectivity index is 0.000000659. The van der Waals surface area contributed by atoms with E-state index in [1.54, 1.807) is 0 Å². The van der Waals surface area contributed by atoms with Gasteiger partial charge in [0.15, 0.2) is 5.69 Å². The highest BCUT2D eigenvalue weighted by Gasteiger charge is 2.30. The minimum Gasteiger partial charge on any atom is -0.483 e. The van der Waals surface area contributed by atoms with Crippen molar-refractivity contribution in [1.82, 2.24) is 15.8 Å². The fourth-order valence-electron chi connectivity index (χ4n) is 3.68. The van der Waals surface area contributed by atoms with Crippen molar-refractivity contribution in [2.75, 3.05) is 26.3 Å². The van der Waals surface area contributed by atoms with Gasteiger partial charge in [-0.2, -0.15) is 0 Å². The van der Waals surface area contributed by atoms with Crippen LogP contribution in [0.4, 0.5) is 0 Å². The summed E-state index contributed by atoms with van der Waals surface area (Å²) < 4.78 is 10.8. The van der Waals surface area contributed by atoms with Gasteiger partial charge in [0.1, 0.15) is 5.76 Å². The van der Waals surface area contributed by atoms with E-state index >= 15 is 0 Å². The van der Waals surface area contributed by atoms with Gasteiger partial charge in [-0.1, -0.05) is 5.16 Å². The third kappa shape index (κ3) is 5.77. The Morgan fingerprint density at radius 2 is 1.85 bits per heavy atom.